The van der Waals surface area contributed by atoms with Gasteiger partial charge in [-0.15, -0.1) is 0 Å². The van der Waals surface area contributed by atoms with Crippen molar-refractivity contribution in [2.75, 3.05) is 31.7 Å². The number of aryl methyl sites for hydroxylation is 1. The second-order valence-electron chi connectivity index (χ2n) is 6.78. The Morgan fingerprint density at radius 2 is 2.00 bits per heavy atom. The van der Waals surface area contributed by atoms with Crippen LogP contribution >= 0.6 is 0 Å². The lowest BCUT2D eigenvalue weighted by Crippen LogP contribution is -2.18. The van der Waals surface area contributed by atoms with Gasteiger partial charge in [0.05, 0.1) is 24.8 Å². The predicted octanol–water partition coefficient (Wildman–Crippen LogP) is 2.87. The van der Waals surface area contributed by atoms with Crippen molar-refractivity contribution in [2.45, 2.75) is 25.3 Å². The number of hydrogen-bond acceptors (Lipinski definition) is 7. The predicted molar refractivity (Wildman–Crippen MR) is 108 cm³/mol. The maximum atomic E-state index is 5.70. The average Bonchev–Trinajstić information content (AvgIpc) is 2.74. The summed E-state index contributed by atoms with van der Waals surface area (Å²) < 4.78 is 11.0. The number of aromatic nitrogens is 3. The molecule has 2 aromatic heterocycles. The summed E-state index contributed by atoms with van der Waals surface area (Å²) in [5.41, 5.74) is 9.65. The molecule has 3 N–H and O–H groups in total. The molecule has 1 atom stereocenters. The van der Waals surface area contributed by atoms with E-state index in [-0.39, 0.29) is 6.04 Å². The minimum absolute atomic E-state index is 0.221. The maximum absolute atomic E-state index is 5.70. The van der Waals surface area contributed by atoms with Crippen LogP contribution in [-0.2, 0) is 11.2 Å². The molecule has 0 saturated carbocycles. The van der Waals surface area contributed by atoms with Crippen LogP contribution in [0.5, 0.6) is 5.88 Å². The topological polar surface area (TPSA) is 95.2 Å². The molecule has 3 aromatic rings. The average molecular weight is 379 g/mol. The van der Waals surface area contributed by atoms with E-state index in [1.165, 1.54) is 11.1 Å². The molecule has 0 bridgehead atoms. The molecule has 146 valence electrons. The van der Waals surface area contributed by atoms with Gasteiger partial charge in [-0.25, -0.2) is 15.0 Å². The van der Waals surface area contributed by atoms with Crippen LogP contribution in [0.2, 0.25) is 0 Å². The number of nitrogens with one attached hydrogen (secondary N) is 1. The van der Waals surface area contributed by atoms with E-state index in [2.05, 4.69) is 44.5 Å². The van der Waals surface area contributed by atoms with E-state index in [1.807, 2.05) is 12.1 Å². The lowest BCUT2D eigenvalue weighted by atomic mass is 9.88. The van der Waals surface area contributed by atoms with Gasteiger partial charge in [0.25, 0.3) is 0 Å². The van der Waals surface area contributed by atoms with Crippen LogP contribution in [0, 0.1) is 0 Å². The van der Waals surface area contributed by atoms with Crippen LogP contribution in [0.25, 0.3) is 11.0 Å². The number of rotatable bonds is 8. The molecule has 0 spiro atoms. The highest BCUT2D eigenvalue weighted by atomic mass is 16.5. The van der Waals surface area contributed by atoms with Crippen LogP contribution in [0.15, 0.2) is 42.7 Å². The van der Waals surface area contributed by atoms with Gasteiger partial charge >= 0.3 is 0 Å². The summed E-state index contributed by atoms with van der Waals surface area (Å²) in [6.07, 6.45) is 4.92. The van der Waals surface area contributed by atoms with E-state index in [1.54, 1.807) is 6.33 Å². The normalized spacial score (nSPS) is 16.0. The van der Waals surface area contributed by atoms with Crippen LogP contribution in [0.3, 0.4) is 0 Å². The van der Waals surface area contributed by atoms with Gasteiger partial charge < -0.3 is 20.5 Å². The van der Waals surface area contributed by atoms with Crippen LogP contribution in [0.4, 0.5) is 5.82 Å². The van der Waals surface area contributed by atoms with Crippen LogP contribution in [-0.4, -0.2) is 41.3 Å². The highest BCUT2D eigenvalue weighted by molar-refractivity contribution is 5.85. The summed E-state index contributed by atoms with van der Waals surface area (Å²) in [7, 11) is 0. The molecule has 1 aliphatic carbocycles. The van der Waals surface area contributed by atoms with Gasteiger partial charge in [-0.2, -0.15) is 0 Å². The summed E-state index contributed by atoms with van der Waals surface area (Å²) in [5.74, 6) is 1.27. The standard InChI is InChI=1S/C21H25N5O2/c22-10-11-27-12-13-28-19-9-8-18-20(26-19)21(24-14-23-18)25-17-7-3-5-15-4-1-2-6-16(15)17/h1-2,4,6,8-9,14,17H,3,5,7,10-13,22H2,(H,23,24,25). The Morgan fingerprint density at radius 1 is 1.07 bits per heavy atom. The van der Waals surface area contributed by atoms with Crippen molar-refractivity contribution >= 4 is 16.9 Å². The number of anilines is 1. The van der Waals surface area contributed by atoms with Crippen molar-refractivity contribution in [3.63, 3.8) is 0 Å². The Morgan fingerprint density at radius 3 is 2.93 bits per heavy atom. The molecule has 4 rings (SSSR count). The summed E-state index contributed by atoms with van der Waals surface area (Å²) >= 11 is 0. The fourth-order valence-electron chi connectivity index (χ4n) is 3.57. The van der Waals surface area contributed by atoms with E-state index < -0.39 is 0 Å². The molecule has 1 unspecified atom stereocenters. The molecule has 0 radical (unpaired) electrons. The van der Waals surface area contributed by atoms with Crippen molar-refractivity contribution < 1.29 is 9.47 Å². The first-order valence-electron chi connectivity index (χ1n) is 9.72. The molecule has 0 amide bonds. The monoisotopic (exact) mass is 379 g/mol. The SMILES string of the molecule is NCCOCCOc1ccc2ncnc(NC3CCCc4ccccc43)c2n1. The van der Waals surface area contributed by atoms with E-state index in [0.29, 0.717) is 37.8 Å². The fourth-order valence-corrected chi connectivity index (χ4v) is 3.57. The number of pyridine rings is 1. The molecular weight excluding hydrogens is 354 g/mol. The van der Waals surface area contributed by atoms with E-state index >= 15 is 0 Å². The van der Waals surface area contributed by atoms with Crippen molar-refractivity contribution in [1.82, 2.24) is 15.0 Å². The number of benzene rings is 1. The number of nitrogens with zero attached hydrogens (tertiary/aromatic N) is 3. The fraction of sp³-hybridized carbons (Fsp3) is 0.381. The summed E-state index contributed by atoms with van der Waals surface area (Å²) in [4.78, 5) is 13.4. The van der Waals surface area contributed by atoms with Crippen molar-refractivity contribution in [2.24, 2.45) is 5.73 Å². The first kappa shape index (κ1) is 18.6. The first-order valence-corrected chi connectivity index (χ1v) is 9.72. The molecule has 1 aliphatic rings. The van der Waals surface area contributed by atoms with Gasteiger partial charge in [-0.05, 0) is 36.5 Å². The number of fused-ring (bicyclic) bond motifs is 2. The Balaban J connectivity index is 1.53. The van der Waals surface area contributed by atoms with E-state index in [9.17, 15) is 0 Å². The molecule has 2 heterocycles. The molecule has 28 heavy (non-hydrogen) atoms. The summed E-state index contributed by atoms with van der Waals surface area (Å²) in [6.45, 7) is 1.93. The first-order chi connectivity index (χ1) is 13.8. The second kappa shape index (κ2) is 8.95. The third kappa shape index (κ3) is 4.21. The van der Waals surface area contributed by atoms with Crippen molar-refractivity contribution in [3.8, 4) is 5.88 Å². The Bertz CT molecular complexity index is 934. The van der Waals surface area contributed by atoms with Gasteiger partial charge in [-0.3, -0.25) is 0 Å². The van der Waals surface area contributed by atoms with Gasteiger partial charge in [0.1, 0.15) is 18.5 Å². The highest BCUT2D eigenvalue weighted by Crippen LogP contribution is 2.33. The quantitative estimate of drug-likeness (QED) is 0.581. The Kier molecular flexibility index (Phi) is 5.94. The number of hydrogen-bond donors (Lipinski definition) is 2. The number of ether oxygens (including phenoxy) is 2. The molecule has 0 aliphatic heterocycles. The van der Waals surface area contributed by atoms with E-state index in [0.717, 1.165) is 30.6 Å². The molecular formula is C21H25N5O2. The van der Waals surface area contributed by atoms with Crippen molar-refractivity contribution in [3.05, 3.63) is 53.9 Å². The lowest BCUT2D eigenvalue weighted by Gasteiger charge is -2.27. The van der Waals surface area contributed by atoms with Gasteiger partial charge in [-0.1, -0.05) is 24.3 Å². The van der Waals surface area contributed by atoms with Gasteiger partial charge in [0.15, 0.2) is 5.82 Å². The minimum Gasteiger partial charge on any atom is -0.475 e. The highest BCUT2D eigenvalue weighted by Gasteiger charge is 2.21. The summed E-state index contributed by atoms with van der Waals surface area (Å²) in [5, 5.41) is 3.58. The molecule has 0 saturated heterocycles. The van der Waals surface area contributed by atoms with Crippen LogP contribution in [0.1, 0.15) is 30.0 Å². The third-order valence-electron chi connectivity index (χ3n) is 4.88. The third-order valence-corrected chi connectivity index (χ3v) is 4.88. The largest absolute Gasteiger partial charge is 0.475 e. The minimum atomic E-state index is 0.221. The molecule has 7 heteroatoms. The van der Waals surface area contributed by atoms with Crippen LogP contribution < -0.4 is 15.8 Å². The van der Waals surface area contributed by atoms with Gasteiger partial charge in [0.2, 0.25) is 5.88 Å². The number of nitrogens with two attached hydrogens (primary N) is 1. The Hall–Kier alpha value is -2.77. The van der Waals surface area contributed by atoms with Crippen molar-refractivity contribution in [1.29, 1.82) is 0 Å². The maximum Gasteiger partial charge on any atom is 0.214 e. The zero-order valence-electron chi connectivity index (χ0n) is 15.8. The molecule has 7 nitrogen and oxygen atoms in total. The molecule has 1 aromatic carbocycles. The Labute approximate surface area is 164 Å². The van der Waals surface area contributed by atoms with E-state index in [4.69, 9.17) is 15.2 Å². The second-order valence-corrected chi connectivity index (χ2v) is 6.78. The molecule has 0 fully saturated rings. The zero-order valence-corrected chi connectivity index (χ0v) is 15.8. The zero-order chi connectivity index (χ0) is 19.2. The van der Waals surface area contributed by atoms with Gasteiger partial charge in [0, 0.05) is 12.6 Å². The summed E-state index contributed by atoms with van der Waals surface area (Å²) in [6, 6.07) is 12.5. The lowest BCUT2D eigenvalue weighted by molar-refractivity contribution is 0.104. The smallest absolute Gasteiger partial charge is 0.214 e.